The Labute approximate surface area is 123 Å². The molecule has 0 saturated heterocycles. The first kappa shape index (κ1) is 13.5. The van der Waals surface area contributed by atoms with Crippen molar-refractivity contribution in [3.8, 4) is 0 Å². The molecule has 0 aliphatic carbocycles. The average Bonchev–Trinajstić information content (AvgIpc) is 2.53. The van der Waals surface area contributed by atoms with Gasteiger partial charge in [0.25, 0.3) is 0 Å². The molecule has 3 aromatic rings. The second-order valence-corrected chi connectivity index (χ2v) is 4.82. The van der Waals surface area contributed by atoms with E-state index in [1.165, 1.54) is 0 Å². The molecule has 106 valence electrons. The van der Waals surface area contributed by atoms with Gasteiger partial charge in [0.05, 0.1) is 23.3 Å². The number of nitrogens with zero attached hydrogens (tertiary/aromatic N) is 1. The molecule has 0 bridgehead atoms. The molecule has 0 spiro atoms. The number of pyridine rings is 1. The highest BCUT2D eigenvalue weighted by molar-refractivity contribution is 6.07. The highest BCUT2D eigenvalue weighted by atomic mass is 16.1. The number of anilines is 1. The van der Waals surface area contributed by atoms with Gasteiger partial charge in [-0.15, -0.1) is 0 Å². The molecule has 2 N–H and O–H groups in total. The zero-order valence-electron chi connectivity index (χ0n) is 11.7. The van der Waals surface area contributed by atoms with Crippen LogP contribution in [0, 0.1) is 0 Å². The SMILES string of the molecule is O=CCNCCNc1c2ccccc2nc2ccccc12. The number of fused-ring (bicyclic) bond motifs is 2. The van der Waals surface area contributed by atoms with Crippen LogP contribution in [0.25, 0.3) is 21.8 Å². The molecule has 0 amide bonds. The van der Waals surface area contributed by atoms with Crippen LogP contribution in [-0.2, 0) is 4.79 Å². The van der Waals surface area contributed by atoms with Gasteiger partial charge in [-0.05, 0) is 12.1 Å². The van der Waals surface area contributed by atoms with Crippen LogP contribution < -0.4 is 10.6 Å². The van der Waals surface area contributed by atoms with Crippen molar-refractivity contribution in [2.75, 3.05) is 25.0 Å². The lowest BCUT2D eigenvalue weighted by molar-refractivity contribution is -0.107. The Morgan fingerprint density at radius 1 is 0.905 bits per heavy atom. The number of rotatable bonds is 6. The molecule has 0 radical (unpaired) electrons. The van der Waals surface area contributed by atoms with E-state index >= 15 is 0 Å². The Balaban J connectivity index is 1.97. The van der Waals surface area contributed by atoms with Crippen molar-refractivity contribution >= 4 is 33.8 Å². The summed E-state index contributed by atoms with van der Waals surface area (Å²) in [5, 5.41) is 8.76. The lowest BCUT2D eigenvalue weighted by Gasteiger charge is -2.13. The van der Waals surface area contributed by atoms with Crippen LogP contribution in [0.1, 0.15) is 0 Å². The minimum absolute atomic E-state index is 0.388. The molecule has 0 fully saturated rings. The van der Waals surface area contributed by atoms with Gasteiger partial charge in [0.1, 0.15) is 6.29 Å². The molecule has 0 saturated carbocycles. The van der Waals surface area contributed by atoms with Gasteiger partial charge < -0.3 is 15.4 Å². The number of carbonyl (C=O) groups excluding carboxylic acids is 1. The molecule has 2 aromatic carbocycles. The standard InChI is InChI=1S/C17H17N3O/c21-12-11-18-9-10-19-17-13-5-1-3-7-15(13)20-16-8-4-2-6-14(16)17/h1-8,12,18H,9-11H2,(H,19,20). The van der Waals surface area contributed by atoms with Gasteiger partial charge in [-0.25, -0.2) is 4.98 Å². The normalized spacial score (nSPS) is 10.9. The topological polar surface area (TPSA) is 54.0 Å². The molecule has 3 rings (SSSR count). The number of hydrogen-bond acceptors (Lipinski definition) is 4. The van der Waals surface area contributed by atoms with Crippen molar-refractivity contribution in [2.45, 2.75) is 0 Å². The van der Waals surface area contributed by atoms with Crippen molar-refractivity contribution in [3.63, 3.8) is 0 Å². The van der Waals surface area contributed by atoms with Gasteiger partial charge in [0, 0.05) is 23.9 Å². The molecular weight excluding hydrogens is 262 g/mol. The van der Waals surface area contributed by atoms with Gasteiger partial charge in [0.2, 0.25) is 0 Å². The molecule has 0 unspecified atom stereocenters. The van der Waals surface area contributed by atoms with Crippen molar-refractivity contribution in [1.82, 2.24) is 10.3 Å². The van der Waals surface area contributed by atoms with Crippen molar-refractivity contribution in [2.24, 2.45) is 0 Å². The Bertz CT molecular complexity index is 716. The lowest BCUT2D eigenvalue weighted by atomic mass is 10.1. The number of carbonyl (C=O) groups is 1. The van der Waals surface area contributed by atoms with Crippen LogP contribution in [0.15, 0.2) is 48.5 Å². The van der Waals surface area contributed by atoms with Crippen LogP contribution in [0.2, 0.25) is 0 Å². The maximum Gasteiger partial charge on any atom is 0.133 e. The molecule has 4 heteroatoms. The van der Waals surface area contributed by atoms with Crippen molar-refractivity contribution in [3.05, 3.63) is 48.5 Å². The predicted octanol–water partition coefficient (Wildman–Crippen LogP) is 2.59. The van der Waals surface area contributed by atoms with E-state index in [1.807, 2.05) is 36.4 Å². The summed E-state index contributed by atoms with van der Waals surface area (Å²) in [5.41, 5.74) is 3.07. The Kier molecular flexibility index (Phi) is 4.07. The zero-order valence-corrected chi connectivity index (χ0v) is 11.7. The minimum atomic E-state index is 0.388. The van der Waals surface area contributed by atoms with Crippen LogP contribution in [0.3, 0.4) is 0 Å². The van der Waals surface area contributed by atoms with Crippen LogP contribution in [0.5, 0.6) is 0 Å². The van der Waals surface area contributed by atoms with Crippen LogP contribution in [0.4, 0.5) is 5.69 Å². The first-order chi connectivity index (χ1) is 10.4. The summed E-state index contributed by atoms with van der Waals surface area (Å²) >= 11 is 0. The average molecular weight is 279 g/mol. The quantitative estimate of drug-likeness (QED) is 0.414. The fraction of sp³-hybridized carbons (Fsp3) is 0.176. The number of benzene rings is 2. The first-order valence-electron chi connectivity index (χ1n) is 7.06. The van der Waals surface area contributed by atoms with Gasteiger partial charge in [-0.1, -0.05) is 36.4 Å². The first-order valence-corrected chi connectivity index (χ1v) is 7.06. The van der Waals surface area contributed by atoms with E-state index in [9.17, 15) is 4.79 Å². The summed E-state index contributed by atoms with van der Waals surface area (Å²) in [7, 11) is 0. The van der Waals surface area contributed by atoms with E-state index < -0.39 is 0 Å². The molecular formula is C17H17N3O. The fourth-order valence-electron chi connectivity index (χ4n) is 2.47. The maximum absolute atomic E-state index is 10.3. The third-order valence-electron chi connectivity index (χ3n) is 3.42. The monoisotopic (exact) mass is 279 g/mol. The van der Waals surface area contributed by atoms with Crippen LogP contribution in [-0.4, -0.2) is 30.9 Å². The fourth-order valence-corrected chi connectivity index (χ4v) is 2.47. The number of aldehydes is 1. The van der Waals surface area contributed by atoms with Gasteiger partial charge >= 0.3 is 0 Å². The molecule has 21 heavy (non-hydrogen) atoms. The van der Waals surface area contributed by atoms with E-state index in [0.717, 1.165) is 46.9 Å². The molecule has 0 aliphatic heterocycles. The second-order valence-electron chi connectivity index (χ2n) is 4.82. The van der Waals surface area contributed by atoms with Crippen LogP contribution >= 0.6 is 0 Å². The third kappa shape index (κ3) is 2.85. The van der Waals surface area contributed by atoms with Gasteiger partial charge in [-0.2, -0.15) is 0 Å². The number of aromatic nitrogens is 1. The van der Waals surface area contributed by atoms with Crippen molar-refractivity contribution < 1.29 is 4.79 Å². The Morgan fingerprint density at radius 2 is 1.52 bits per heavy atom. The molecule has 0 aliphatic rings. The summed E-state index contributed by atoms with van der Waals surface area (Å²) < 4.78 is 0. The number of hydrogen-bond donors (Lipinski definition) is 2. The highest BCUT2D eigenvalue weighted by Crippen LogP contribution is 2.30. The van der Waals surface area contributed by atoms with Gasteiger partial charge in [-0.3, -0.25) is 0 Å². The highest BCUT2D eigenvalue weighted by Gasteiger charge is 2.07. The van der Waals surface area contributed by atoms with E-state index in [-0.39, 0.29) is 0 Å². The van der Waals surface area contributed by atoms with E-state index in [0.29, 0.717) is 6.54 Å². The van der Waals surface area contributed by atoms with Gasteiger partial charge in [0.15, 0.2) is 0 Å². The molecule has 1 heterocycles. The summed E-state index contributed by atoms with van der Waals surface area (Å²) in [6.07, 6.45) is 0.872. The maximum atomic E-state index is 10.3. The largest absolute Gasteiger partial charge is 0.383 e. The second kappa shape index (κ2) is 6.33. The summed E-state index contributed by atoms with van der Waals surface area (Å²) in [6.45, 7) is 1.88. The smallest absolute Gasteiger partial charge is 0.133 e. The molecule has 4 nitrogen and oxygen atoms in total. The Hall–Kier alpha value is -2.46. The molecule has 0 atom stereocenters. The minimum Gasteiger partial charge on any atom is -0.383 e. The number of nitrogens with one attached hydrogen (secondary N) is 2. The molecule has 1 aromatic heterocycles. The zero-order chi connectivity index (χ0) is 14.5. The lowest BCUT2D eigenvalue weighted by Crippen LogP contribution is -2.23. The summed E-state index contributed by atoms with van der Waals surface area (Å²) in [6, 6.07) is 16.3. The number of para-hydroxylation sites is 2. The third-order valence-corrected chi connectivity index (χ3v) is 3.42. The Morgan fingerprint density at radius 3 is 2.14 bits per heavy atom. The van der Waals surface area contributed by atoms with Crippen molar-refractivity contribution in [1.29, 1.82) is 0 Å². The summed E-state index contributed by atoms with van der Waals surface area (Å²) in [5.74, 6) is 0. The summed E-state index contributed by atoms with van der Waals surface area (Å²) in [4.78, 5) is 15.0. The van der Waals surface area contributed by atoms with E-state index in [2.05, 4.69) is 22.8 Å². The van der Waals surface area contributed by atoms with E-state index in [1.54, 1.807) is 0 Å². The predicted molar refractivity (Wildman–Crippen MR) is 86.7 cm³/mol. The van der Waals surface area contributed by atoms with E-state index in [4.69, 9.17) is 4.98 Å².